The van der Waals surface area contributed by atoms with Crippen LogP contribution in [0.2, 0.25) is 5.15 Å². The molecule has 0 atom stereocenters. The van der Waals surface area contributed by atoms with E-state index >= 15 is 0 Å². The molecule has 1 aromatic heterocycles. The number of hydrogen-bond donors (Lipinski definition) is 1. The van der Waals surface area contributed by atoms with E-state index in [9.17, 15) is 0 Å². The Bertz CT molecular complexity index is 339. The van der Waals surface area contributed by atoms with Gasteiger partial charge in [0.15, 0.2) is 0 Å². The lowest BCUT2D eigenvalue weighted by Crippen LogP contribution is -2.25. The summed E-state index contributed by atoms with van der Waals surface area (Å²) in [4.78, 5) is 8.39. The Morgan fingerprint density at radius 3 is 2.56 bits per heavy atom. The van der Waals surface area contributed by atoms with Crippen molar-refractivity contribution in [3.8, 4) is 0 Å². The Hall–Kier alpha value is -0.830. The Balaban J connectivity index is 1.98. The number of aromatic nitrogens is 2. The van der Waals surface area contributed by atoms with E-state index in [0.717, 1.165) is 17.6 Å². The topological polar surface area (TPSA) is 37.8 Å². The molecule has 1 N–H and O–H groups in total. The van der Waals surface area contributed by atoms with Gasteiger partial charge < -0.3 is 5.32 Å². The summed E-state index contributed by atoms with van der Waals surface area (Å²) in [5.41, 5.74) is 0. The van der Waals surface area contributed by atoms with Crippen molar-refractivity contribution >= 4 is 17.4 Å². The monoisotopic (exact) mass is 239 g/mol. The Kier molecular flexibility index (Phi) is 3.64. The average molecular weight is 240 g/mol. The molecule has 0 unspecified atom stereocenters. The fourth-order valence-electron chi connectivity index (χ4n) is 2.22. The van der Waals surface area contributed by atoms with Crippen molar-refractivity contribution in [2.75, 3.05) is 5.32 Å². The van der Waals surface area contributed by atoms with Gasteiger partial charge in [0.1, 0.15) is 16.8 Å². The standard InChI is InChI=1S/C12H18ClN3/c1-8-3-5-10(6-4-8)16-12-7-11(13)14-9(2)15-12/h7-8,10H,3-6H2,1-2H3,(H,14,15,16). The summed E-state index contributed by atoms with van der Waals surface area (Å²) in [5.74, 6) is 2.45. The number of aryl methyl sites for hydroxylation is 1. The fraction of sp³-hybridized carbons (Fsp3) is 0.667. The third-order valence-electron chi connectivity index (χ3n) is 3.17. The first-order chi connectivity index (χ1) is 7.63. The minimum atomic E-state index is 0.513. The number of nitrogens with zero attached hydrogens (tertiary/aromatic N) is 2. The van der Waals surface area contributed by atoms with E-state index in [1.165, 1.54) is 25.7 Å². The van der Waals surface area contributed by atoms with Gasteiger partial charge in [-0.15, -0.1) is 0 Å². The largest absolute Gasteiger partial charge is 0.367 e. The Morgan fingerprint density at radius 1 is 1.25 bits per heavy atom. The normalized spacial score (nSPS) is 25.4. The zero-order valence-corrected chi connectivity index (χ0v) is 10.6. The summed E-state index contributed by atoms with van der Waals surface area (Å²) >= 11 is 5.90. The van der Waals surface area contributed by atoms with Crippen LogP contribution >= 0.6 is 11.6 Å². The van der Waals surface area contributed by atoms with Crippen molar-refractivity contribution in [3.05, 3.63) is 17.0 Å². The van der Waals surface area contributed by atoms with E-state index in [2.05, 4.69) is 22.2 Å². The van der Waals surface area contributed by atoms with Crippen molar-refractivity contribution < 1.29 is 0 Å². The predicted octanol–water partition coefficient (Wildman–Crippen LogP) is 3.43. The van der Waals surface area contributed by atoms with Gasteiger partial charge in [-0.3, -0.25) is 0 Å². The molecule has 0 saturated heterocycles. The van der Waals surface area contributed by atoms with Crippen molar-refractivity contribution in [3.63, 3.8) is 0 Å². The van der Waals surface area contributed by atoms with Crippen molar-refractivity contribution in [1.29, 1.82) is 0 Å². The van der Waals surface area contributed by atoms with Gasteiger partial charge in [0.05, 0.1) is 0 Å². The van der Waals surface area contributed by atoms with E-state index in [4.69, 9.17) is 11.6 Å². The van der Waals surface area contributed by atoms with E-state index in [0.29, 0.717) is 11.2 Å². The van der Waals surface area contributed by atoms with E-state index < -0.39 is 0 Å². The molecular weight excluding hydrogens is 222 g/mol. The molecule has 1 heterocycles. The minimum absolute atomic E-state index is 0.513. The smallest absolute Gasteiger partial charge is 0.134 e. The molecule has 0 aromatic carbocycles. The highest BCUT2D eigenvalue weighted by Crippen LogP contribution is 2.25. The minimum Gasteiger partial charge on any atom is -0.367 e. The van der Waals surface area contributed by atoms with Crippen LogP contribution in [0.4, 0.5) is 5.82 Å². The van der Waals surface area contributed by atoms with E-state index in [1.807, 2.05) is 6.92 Å². The van der Waals surface area contributed by atoms with Crippen LogP contribution in [0.1, 0.15) is 38.4 Å². The highest BCUT2D eigenvalue weighted by atomic mass is 35.5. The Morgan fingerprint density at radius 2 is 1.94 bits per heavy atom. The third kappa shape index (κ3) is 3.08. The maximum Gasteiger partial charge on any atom is 0.134 e. The molecule has 1 aliphatic rings. The molecule has 0 radical (unpaired) electrons. The van der Waals surface area contributed by atoms with Gasteiger partial charge in [0, 0.05) is 12.1 Å². The zero-order chi connectivity index (χ0) is 11.5. The quantitative estimate of drug-likeness (QED) is 0.804. The number of anilines is 1. The second-order valence-electron chi connectivity index (χ2n) is 4.72. The lowest BCUT2D eigenvalue weighted by molar-refractivity contribution is 0.361. The molecule has 1 aliphatic carbocycles. The van der Waals surface area contributed by atoms with Gasteiger partial charge in [-0.2, -0.15) is 0 Å². The second kappa shape index (κ2) is 5.00. The number of halogens is 1. The molecular formula is C12H18ClN3. The average Bonchev–Trinajstić information content (AvgIpc) is 2.20. The summed E-state index contributed by atoms with van der Waals surface area (Å²) in [7, 11) is 0. The molecule has 4 heteroatoms. The SMILES string of the molecule is Cc1nc(Cl)cc(NC2CCC(C)CC2)n1. The van der Waals surface area contributed by atoms with Crippen molar-refractivity contribution in [2.24, 2.45) is 5.92 Å². The maximum absolute atomic E-state index is 5.90. The highest BCUT2D eigenvalue weighted by Gasteiger charge is 2.18. The molecule has 1 fully saturated rings. The lowest BCUT2D eigenvalue weighted by Gasteiger charge is -2.27. The molecule has 2 rings (SSSR count). The van der Waals surface area contributed by atoms with Crippen LogP contribution in [0.3, 0.4) is 0 Å². The van der Waals surface area contributed by atoms with Crippen LogP contribution in [0.5, 0.6) is 0 Å². The molecule has 3 nitrogen and oxygen atoms in total. The first-order valence-corrected chi connectivity index (χ1v) is 6.29. The summed E-state index contributed by atoms with van der Waals surface area (Å²) in [6, 6.07) is 2.34. The number of hydrogen-bond acceptors (Lipinski definition) is 3. The van der Waals surface area contributed by atoms with Gasteiger partial charge in [0.25, 0.3) is 0 Å². The zero-order valence-electron chi connectivity index (χ0n) is 9.83. The van der Waals surface area contributed by atoms with Crippen LogP contribution in [-0.2, 0) is 0 Å². The highest BCUT2D eigenvalue weighted by molar-refractivity contribution is 6.29. The van der Waals surface area contributed by atoms with Gasteiger partial charge in [0.2, 0.25) is 0 Å². The third-order valence-corrected chi connectivity index (χ3v) is 3.37. The van der Waals surface area contributed by atoms with Crippen LogP contribution in [0.25, 0.3) is 0 Å². The van der Waals surface area contributed by atoms with Crippen LogP contribution in [0.15, 0.2) is 6.07 Å². The molecule has 0 spiro atoms. The first-order valence-electron chi connectivity index (χ1n) is 5.91. The van der Waals surface area contributed by atoms with Crippen molar-refractivity contribution in [2.45, 2.75) is 45.6 Å². The van der Waals surface area contributed by atoms with E-state index in [1.54, 1.807) is 6.07 Å². The molecule has 0 aliphatic heterocycles. The molecule has 0 bridgehead atoms. The summed E-state index contributed by atoms with van der Waals surface area (Å²) in [6.45, 7) is 4.18. The summed E-state index contributed by atoms with van der Waals surface area (Å²) in [5, 5.41) is 3.96. The summed E-state index contributed by atoms with van der Waals surface area (Å²) in [6.07, 6.45) is 5.05. The lowest BCUT2D eigenvalue weighted by atomic mass is 9.87. The Labute approximate surface area is 102 Å². The number of rotatable bonds is 2. The first kappa shape index (κ1) is 11.6. The molecule has 1 saturated carbocycles. The predicted molar refractivity (Wildman–Crippen MR) is 66.8 cm³/mol. The fourth-order valence-corrected chi connectivity index (χ4v) is 2.44. The van der Waals surface area contributed by atoms with Crippen LogP contribution in [-0.4, -0.2) is 16.0 Å². The van der Waals surface area contributed by atoms with Gasteiger partial charge >= 0.3 is 0 Å². The molecule has 1 aromatic rings. The molecule has 88 valence electrons. The second-order valence-corrected chi connectivity index (χ2v) is 5.11. The van der Waals surface area contributed by atoms with E-state index in [-0.39, 0.29) is 0 Å². The van der Waals surface area contributed by atoms with Crippen molar-refractivity contribution in [1.82, 2.24) is 9.97 Å². The van der Waals surface area contributed by atoms with Crippen LogP contribution in [0, 0.1) is 12.8 Å². The summed E-state index contributed by atoms with van der Waals surface area (Å²) < 4.78 is 0. The maximum atomic E-state index is 5.90. The van der Waals surface area contributed by atoms with Gasteiger partial charge in [-0.1, -0.05) is 18.5 Å². The van der Waals surface area contributed by atoms with Crippen LogP contribution < -0.4 is 5.32 Å². The molecule has 16 heavy (non-hydrogen) atoms. The number of nitrogens with one attached hydrogen (secondary N) is 1. The molecule has 0 amide bonds. The van der Waals surface area contributed by atoms with Gasteiger partial charge in [-0.25, -0.2) is 9.97 Å². The van der Waals surface area contributed by atoms with Gasteiger partial charge in [-0.05, 0) is 38.5 Å².